The van der Waals surface area contributed by atoms with E-state index in [1.807, 2.05) is 0 Å². The van der Waals surface area contributed by atoms with Crippen LogP contribution in [0.5, 0.6) is 0 Å². The smallest absolute Gasteiger partial charge is 0.297 e. The lowest BCUT2D eigenvalue weighted by Crippen LogP contribution is -2.06. The summed E-state index contributed by atoms with van der Waals surface area (Å²) < 4.78 is 40.5. The van der Waals surface area contributed by atoms with Gasteiger partial charge < -0.3 is 0 Å². The van der Waals surface area contributed by atoms with Crippen molar-refractivity contribution in [3.63, 3.8) is 0 Å². The topological polar surface area (TPSA) is 43.1 Å². The molecular formula is C15H10ClF3N4. The largest absolute Gasteiger partial charge is 0.417 e. The van der Waals surface area contributed by atoms with Crippen LogP contribution < -0.4 is 0 Å². The first-order chi connectivity index (χ1) is 10.9. The average molecular weight is 339 g/mol. The molecule has 1 saturated carbocycles. The minimum atomic E-state index is -4.42. The van der Waals surface area contributed by atoms with E-state index in [0.717, 1.165) is 30.8 Å². The fourth-order valence-corrected chi connectivity index (χ4v) is 2.73. The number of rotatable bonds is 2. The summed E-state index contributed by atoms with van der Waals surface area (Å²) in [7, 11) is 0. The first kappa shape index (κ1) is 14.4. The Balaban J connectivity index is 2.00. The van der Waals surface area contributed by atoms with E-state index >= 15 is 0 Å². The lowest BCUT2D eigenvalue weighted by Gasteiger charge is -2.08. The van der Waals surface area contributed by atoms with Crippen molar-refractivity contribution in [3.8, 4) is 11.4 Å². The standard InChI is InChI=1S/C15H10ClF3N4/c16-11-6-20-5-10(21-11)14-13(8-1-2-8)22-12-4-3-9(7-23(12)14)15(17,18)19/h3-8H,1-2H2. The number of pyridine rings is 1. The Bertz CT molecular complexity index is 899. The molecule has 23 heavy (non-hydrogen) atoms. The zero-order valence-corrected chi connectivity index (χ0v) is 12.4. The third-order valence-corrected chi connectivity index (χ3v) is 3.97. The van der Waals surface area contributed by atoms with Gasteiger partial charge in [-0.25, -0.2) is 9.97 Å². The highest BCUT2D eigenvalue weighted by Crippen LogP contribution is 2.44. The summed E-state index contributed by atoms with van der Waals surface area (Å²) in [5.41, 5.74) is 1.42. The van der Waals surface area contributed by atoms with Gasteiger partial charge in [-0.1, -0.05) is 11.6 Å². The third kappa shape index (κ3) is 2.55. The molecule has 0 aromatic carbocycles. The number of halogens is 4. The molecule has 3 aromatic heterocycles. The Morgan fingerprint density at radius 3 is 2.57 bits per heavy atom. The summed E-state index contributed by atoms with van der Waals surface area (Å²) in [6.45, 7) is 0. The molecule has 118 valence electrons. The molecule has 8 heteroatoms. The molecule has 4 rings (SSSR count). The molecule has 0 bridgehead atoms. The first-order valence-corrected chi connectivity index (χ1v) is 7.38. The van der Waals surface area contributed by atoms with E-state index < -0.39 is 11.7 Å². The Kier molecular flexibility index (Phi) is 3.09. The fourth-order valence-electron chi connectivity index (χ4n) is 2.58. The van der Waals surface area contributed by atoms with Crippen LogP contribution in [0.4, 0.5) is 13.2 Å². The average Bonchev–Trinajstić information content (AvgIpc) is 3.26. The minimum Gasteiger partial charge on any atom is -0.297 e. The van der Waals surface area contributed by atoms with Crippen molar-refractivity contribution in [2.24, 2.45) is 0 Å². The Morgan fingerprint density at radius 2 is 1.91 bits per heavy atom. The molecule has 1 aliphatic carbocycles. The van der Waals surface area contributed by atoms with Crippen molar-refractivity contribution < 1.29 is 13.2 Å². The number of hydrogen-bond acceptors (Lipinski definition) is 3. The molecule has 0 aliphatic heterocycles. The van der Waals surface area contributed by atoms with E-state index in [-0.39, 0.29) is 11.1 Å². The molecule has 1 fully saturated rings. The van der Waals surface area contributed by atoms with Gasteiger partial charge in [0.05, 0.1) is 29.3 Å². The highest BCUT2D eigenvalue weighted by molar-refractivity contribution is 6.29. The molecule has 0 saturated heterocycles. The van der Waals surface area contributed by atoms with E-state index in [1.54, 1.807) is 0 Å². The highest BCUT2D eigenvalue weighted by atomic mass is 35.5. The summed E-state index contributed by atoms with van der Waals surface area (Å²) in [4.78, 5) is 12.7. The van der Waals surface area contributed by atoms with Gasteiger partial charge in [0, 0.05) is 12.1 Å². The van der Waals surface area contributed by atoms with Gasteiger partial charge >= 0.3 is 6.18 Å². The number of aromatic nitrogens is 4. The lowest BCUT2D eigenvalue weighted by atomic mass is 10.2. The van der Waals surface area contributed by atoms with Crippen molar-refractivity contribution in [3.05, 3.63) is 47.1 Å². The number of hydrogen-bond donors (Lipinski definition) is 0. The molecule has 0 radical (unpaired) electrons. The van der Waals surface area contributed by atoms with Crippen LogP contribution in [0.25, 0.3) is 17.0 Å². The summed E-state index contributed by atoms with van der Waals surface area (Å²) in [6.07, 6.45) is 1.43. The van der Waals surface area contributed by atoms with Crippen molar-refractivity contribution in [1.29, 1.82) is 0 Å². The number of fused-ring (bicyclic) bond motifs is 1. The second kappa shape index (κ2) is 4.92. The van der Waals surface area contributed by atoms with Crippen LogP contribution in [0, 0.1) is 0 Å². The van der Waals surface area contributed by atoms with Gasteiger partial charge in [-0.2, -0.15) is 13.2 Å². The van der Waals surface area contributed by atoms with Crippen LogP contribution >= 0.6 is 11.6 Å². The van der Waals surface area contributed by atoms with Crippen LogP contribution in [0.1, 0.15) is 30.0 Å². The molecule has 4 nitrogen and oxygen atoms in total. The van der Waals surface area contributed by atoms with Gasteiger partial charge in [0.15, 0.2) is 0 Å². The molecule has 0 amide bonds. The number of alkyl halides is 3. The van der Waals surface area contributed by atoms with Crippen molar-refractivity contribution in [2.45, 2.75) is 24.9 Å². The van der Waals surface area contributed by atoms with Gasteiger partial charge in [-0.3, -0.25) is 9.38 Å². The first-order valence-electron chi connectivity index (χ1n) is 7.00. The summed E-state index contributed by atoms with van der Waals surface area (Å²) in [6, 6.07) is 2.41. The zero-order valence-electron chi connectivity index (χ0n) is 11.7. The fraction of sp³-hybridized carbons (Fsp3) is 0.267. The SMILES string of the molecule is FC(F)(F)c1ccc2nc(C3CC3)c(-c3cncc(Cl)n3)n2c1. The van der Waals surface area contributed by atoms with Gasteiger partial charge in [0.1, 0.15) is 16.5 Å². The van der Waals surface area contributed by atoms with E-state index in [9.17, 15) is 13.2 Å². The van der Waals surface area contributed by atoms with E-state index in [1.165, 1.54) is 22.9 Å². The van der Waals surface area contributed by atoms with Crippen LogP contribution in [0.3, 0.4) is 0 Å². The minimum absolute atomic E-state index is 0.186. The van der Waals surface area contributed by atoms with E-state index in [0.29, 0.717) is 17.0 Å². The van der Waals surface area contributed by atoms with E-state index in [2.05, 4.69) is 15.0 Å². The summed E-state index contributed by atoms with van der Waals surface area (Å²) in [5, 5.41) is 0.186. The number of nitrogens with zero attached hydrogens (tertiary/aromatic N) is 4. The molecule has 0 unspecified atom stereocenters. The maximum Gasteiger partial charge on any atom is 0.417 e. The third-order valence-electron chi connectivity index (χ3n) is 3.78. The van der Waals surface area contributed by atoms with Gasteiger partial charge in [-0.15, -0.1) is 0 Å². The van der Waals surface area contributed by atoms with Crippen LogP contribution in [0.2, 0.25) is 5.15 Å². The van der Waals surface area contributed by atoms with Crippen LogP contribution in [0.15, 0.2) is 30.7 Å². The predicted molar refractivity (Wildman–Crippen MR) is 78.2 cm³/mol. The highest BCUT2D eigenvalue weighted by Gasteiger charge is 2.34. The summed E-state index contributed by atoms with van der Waals surface area (Å²) >= 11 is 5.88. The van der Waals surface area contributed by atoms with Gasteiger partial charge in [0.25, 0.3) is 0 Å². The monoisotopic (exact) mass is 338 g/mol. The lowest BCUT2D eigenvalue weighted by molar-refractivity contribution is -0.137. The second-order valence-electron chi connectivity index (χ2n) is 5.49. The zero-order chi connectivity index (χ0) is 16.2. The summed E-state index contributed by atoms with van der Waals surface area (Å²) in [5.74, 6) is 0.250. The second-order valence-corrected chi connectivity index (χ2v) is 5.88. The maximum atomic E-state index is 13.0. The Hall–Kier alpha value is -2.15. The molecular weight excluding hydrogens is 329 g/mol. The van der Waals surface area contributed by atoms with Crippen molar-refractivity contribution in [2.75, 3.05) is 0 Å². The van der Waals surface area contributed by atoms with Crippen LogP contribution in [-0.4, -0.2) is 19.4 Å². The molecule has 0 N–H and O–H groups in total. The predicted octanol–water partition coefficient (Wildman–Crippen LogP) is 4.34. The molecule has 0 atom stereocenters. The normalized spacial score (nSPS) is 15.3. The number of imidazole rings is 1. The maximum absolute atomic E-state index is 13.0. The van der Waals surface area contributed by atoms with E-state index in [4.69, 9.17) is 11.6 Å². The molecule has 1 aliphatic rings. The van der Waals surface area contributed by atoms with Gasteiger partial charge in [0.2, 0.25) is 0 Å². The quantitative estimate of drug-likeness (QED) is 0.698. The van der Waals surface area contributed by atoms with Gasteiger partial charge in [-0.05, 0) is 25.0 Å². The molecule has 3 aromatic rings. The van der Waals surface area contributed by atoms with Crippen molar-refractivity contribution in [1.82, 2.24) is 19.4 Å². The molecule has 3 heterocycles. The Morgan fingerprint density at radius 1 is 1.13 bits per heavy atom. The van der Waals surface area contributed by atoms with Crippen LogP contribution in [-0.2, 0) is 6.18 Å². The Labute approximate surface area is 134 Å². The molecule has 0 spiro atoms. The van der Waals surface area contributed by atoms with Crippen molar-refractivity contribution >= 4 is 17.2 Å².